The second-order valence-electron chi connectivity index (χ2n) is 5.49. The zero-order valence-electron chi connectivity index (χ0n) is 12.8. The molecule has 0 saturated heterocycles. The van der Waals surface area contributed by atoms with Crippen molar-refractivity contribution in [3.8, 4) is 0 Å². The van der Waals surface area contributed by atoms with Gasteiger partial charge in [0.1, 0.15) is 4.90 Å². The number of hydrogen-bond donors (Lipinski definition) is 1. The Balaban J connectivity index is 1.97. The Hall–Kier alpha value is -0.960. The summed E-state index contributed by atoms with van der Waals surface area (Å²) in [4.78, 5) is 0.222. The van der Waals surface area contributed by atoms with Crippen LogP contribution in [-0.2, 0) is 21.3 Å². The lowest BCUT2D eigenvalue weighted by molar-refractivity contribution is 0.149. The molecule has 1 atom stereocenters. The summed E-state index contributed by atoms with van der Waals surface area (Å²) in [6, 6.07) is 0.421. The number of rotatable bonds is 9. The molecule has 0 spiro atoms. The maximum atomic E-state index is 12.5. The SMILES string of the molecule is COCC(C)N(C)S(=O)(=O)c1cnn(CCNC2CC2)c1. The summed E-state index contributed by atoms with van der Waals surface area (Å²) in [5.74, 6) is 0. The van der Waals surface area contributed by atoms with Crippen molar-refractivity contribution >= 4 is 10.0 Å². The minimum absolute atomic E-state index is 0.222. The summed E-state index contributed by atoms with van der Waals surface area (Å²) in [5.41, 5.74) is 0. The van der Waals surface area contributed by atoms with E-state index < -0.39 is 10.0 Å². The van der Waals surface area contributed by atoms with Crippen molar-refractivity contribution in [1.82, 2.24) is 19.4 Å². The highest BCUT2D eigenvalue weighted by Gasteiger charge is 2.26. The van der Waals surface area contributed by atoms with Crippen molar-refractivity contribution in [2.75, 3.05) is 27.3 Å². The Morgan fingerprint density at radius 3 is 2.90 bits per heavy atom. The fourth-order valence-corrected chi connectivity index (χ4v) is 3.32. The summed E-state index contributed by atoms with van der Waals surface area (Å²) in [6.07, 6.45) is 5.46. The average Bonchev–Trinajstić information content (AvgIpc) is 3.13. The molecule has 7 nitrogen and oxygen atoms in total. The summed E-state index contributed by atoms with van der Waals surface area (Å²) < 4.78 is 32.9. The Morgan fingerprint density at radius 1 is 1.57 bits per heavy atom. The zero-order valence-corrected chi connectivity index (χ0v) is 13.6. The minimum atomic E-state index is -3.52. The Morgan fingerprint density at radius 2 is 2.29 bits per heavy atom. The van der Waals surface area contributed by atoms with Gasteiger partial charge >= 0.3 is 0 Å². The predicted octanol–water partition coefficient (Wildman–Crippen LogP) is 0.291. The largest absolute Gasteiger partial charge is 0.383 e. The van der Waals surface area contributed by atoms with Crippen molar-refractivity contribution in [2.24, 2.45) is 0 Å². The fourth-order valence-electron chi connectivity index (χ4n) is 2.02. The monoisotopic (exact) mass is 316 g/mol. The quantitative estimate of drug-likeness (QED) is 0.709. The standard InChI is InChI=1S/C13H24N4O3S/c1-11(10-20-3)16(2)21(18,19)13-8-15-17(9-13)7-6-14-12-4-5-12/h8-9,11-12,14H,4-7,10H2,1-3H3. The smallest absolute Gasteiger partial charge is 0.246 e. The first-order valence-electron chi connectivity index (χ1n) is 7.18. The molecular formula is C13H24N4O3S. The Labute approximate surface area is 126 Å². The molecule has 0 amide bonds. The molecule has 1 aliphatic carbocycles. The van der Waals surface area contributed by atoms with Crippen LogP contribution in [0.1, 0.15) is 19.8 Å². The number of sulfonamides is 1. The van der Waals surface area contributed by atoms with Gasteiger partial charge in [-0.1, -0.05) is 0 Å². The van der Waals surface area contributed by atoms with E-state index in [0.717, 1.165) is 6.54 Å². The molecule has 0 aliphatic heterocycles. The van der Waals surface area contributed by atoms with E-state index in [9.17, 15) is 8.42 Å². The van der Waals surface area contributed by atoms with E-state index in [1.165, 1.54) is 23.3 Å². The molecule has 1 aliphatic rings. The van der Waals surface area contributed by atoms with E-state index in [1.54, 1.807) is 25.0 Å². The molecule has 21 heavy (non-hydrogen) atoms. The summed E-state index contributed by atoms with van der Waals surface area (Å²) in [7, 11) is -0.401. The van der Waals surface area contributed by atoms with Crippen LogP contribution in [0.15, 0.2) is 17.3 Å². The molecule has 0 aromatic carbocycles. The van der Waals surface area contributed by atoms with E-state index in [1.807, 2.05) is 6.92 Å². The van der Waals surface area contributed by atoms with Crippen LogP contribution in [0.4, 0.5) is 0 Å². The second-order valence-corrected chi connectivity index (χ2v) is 7.49. The number of nitrogens with one attached hydrogen (secondary N) is 1. The lowest BCUT2D eigenvalue weighted by Crippen LogP contribution is -2.37. The first kappa shape index (κ1) is 16.4. The summed E-state index contributed by atoms with van der Waals surface area (Å²) in [6.45, 7) is 3.64. The van der Waals surface area contributed by atoms with E-state index in [0.29, 0.717) is 19.2 Å². The Bertz CT molecular complexity index is 554. The normalized spacial score (nSPS) is 17.3. The third-order valence-corrected chi connectivity index (χ3v) is 5.59. The van der Waals surface area contributed by atoms with Crippen molar-refractivity contribution in [2.45, 2.75) is 43.3 Å². The van der Waals surface area contributed by atoms with Gasteiger partial charge in [0.05, 0.1) is 19.3 Å². The van der Waals surface area contributed by atoms with Crippen LogP contribution >= 0.6 is 0 Å². The van der Waals surface area contributed by atoms with Gasteiger partial charge in [0.2, 0.25) is 10.0 Å². The van der Waals surface area contributed by atoms with Crippen molar-refractivity contribution < 1.29 is 13.2 Å². The first-order chi connectivity index (χ1) is 9.95. The highest BCUT2D eigenvalue weighted by atomic mass is 32.2. The van der Waals surface area contributed by atoms with Crippen LogP contribution < -0.4 is 5.32 Å². The minimum Gasteiger partial charge on any atom is -0.383 e. The third-order valence-electron chi connectivity index (χ3n) is 3.67. The average molecular weight is 316 g/mol. The Kier molecular flexibility index (Phi) is 5.37. The molecule has 8 heteroatoms. The molecule has 2 rings (SSSR count). The highest BCUT2D eigenvalue weighted by Crippen LogP contribution is 2.18. The number of hydrogen-bond acceptors (Lipinski definition) is 5. The maximum Gasteiger partial charge on any atom is 0.246 e. The first-order valence-corrected chi connectivity index (χ1v) is 8.62. The lowest BCUT2D eigenvalue weighted by atomic mass is 10.4. The van der Waals surface area contributed by atoms with Gasteiger partial charge in [0.25, 0.3) is 0 Å². The number of methoxy groups -OCH3 is 1. The molecule has 1 saturated carbocycles. The molecule has 1 fully saturated rings. The lowest BCUT2D eigenvalue weighted by Gasteiger charge is -2.22. The predicted molar refractivity (Wildman–Crippen MR) is 79.5 cm³/mol. The van der Waals surface area contributed by atoms with Crippen LogP contribution in [-0.4, -0.2) is 61.9 Å². The molecule has 1 aromatic heterocycles. The van der Waals surface area contributed by atoms with Crippen LogP contribution in [0.25, 0.3) is 0 Å². The van der Waals surface area contributed by atoms with Gasteiger partial charge in [0, 0.05) is 39.0 Å². The van der Waals surface area contributed by atoms with Crippen LogP contribution in [0.3, 0.4) is 0 Å². The van der Waals surface area contributed by atoms with Crippen LogP contribution in [0.2, 0.25) is 0 Å². The number of ether oxygens (including phenoxy) is 1. The zero-order chi connectivity index (χ0) is 15.5. The van der Waals surface area contributed by atoms with Crippen molar-refractivity contribution in [1.29, 1.82) is 0 Å². The molecule has 0 radical (unpaired) electrons. The number of likely N-dealkylation sites (N-methyl/N-ethyl adjacent to an activating group) is 1. The van der Waals surface area contributed by atoms with Gasteiger partial charge in [-0.05, 0) is 19.8 Å². The van der Waals surface area contributed by atoms with Crippen LogP contribution in [0, 0.1) is 0 Å². The molecular weight excluding hydrogens is 292 g/mol. The van der Waals surface area contributed by atoms with Crippen molar-refractivity contribution in [3.63, 3.8) is 0 Å². The molecule has 1 heterocycles. The van der Waals surface area contributed by atoms with Crippen molar-refractivity contribution in [3.05, 3.63) is 12.4 Å². The number of nitrogens with zero attached hydrogens (tertiary/aromatic N) is 3. The maximum absolute atomic E-state index is 12.5. The highest BCUT2D eigenvalue weighted by molar-refractivity contribution is 7.89. The molecule has 120 valence electrons. The molecule has 0 bridgehead atoms. The number of aromatic nitrogens is 2. The second kappa shape index (κ2) is 6.87. The third kappa shape index (κ3) is 4.26. The molecule has 1 aromatic rings. The van der Waals surface area contributed by atoms with Crippen LogP contribution in [0.5, 0.6) is 0 Å². The fraction of sp³-hybridized carbons (Fsp3) is 0.769. The van der Waals surface area contributed by atoms with Gasteiger partial charge in [-0.3, -0.25) is 4.68 Å². The topological polar surface area (TPSA) is 76.5 Å². The van der Waals surface area contributed by atoms with E-state index in [-0.39, 0.29) is 10.9 Å². The van der Waals surface area contributed by atoms with Gasteiger partial charge in [-0.2, -0.15) is 9.40 Å². The summed E-state index contributed by atoms with van der Waals surface area (Å²) in [5, 5.41) is 7.50. The van der Waals surface area contributed by atoms with Gasteiger partial charge < -0.3 is 10.1 Å². The van der Waals surface area contributed by atoms with Gasteiger partial charge in [-0.25, -0.2) is 8.42 Å². The summed E-state index contributed by atoms with van der Waals surface area (Å²) >= 11 is 0. The van der Waals surface area contributed by atoms with Gasteiger partial charge in [-0.15, -0.1) is 0 Å². The molecule has 1 unspecified atom stereocenters. The molecule has 1 N–H and O–H groups in total. The van der Waals surface area contributed by atoms with E-state index in [4.69, 9.17) is 4.74 Å². The van der Waals surface area contributed by atoms with E-state index in [2.05, 4.69) is 10.4 Å². The van der Waals surface area contributed by atoms with E-state index >= 15 is 0 Å². The van der Waals surface area contributed by atoms with Gasteiger partial charge in [0.15, 0.2) is 0 Å².